The quantitative estimate of drug-likeness (QED) is 0.853. The molecular weight excluding hydrogens is 250 g/mol. The van der Waals surface area contributed by atoms with E-state index in [9.17, 15) is 9.90 Å². The molecule has 1 aromatic heterocycles. The van der Waals surface area contributed by atoms with Gasteiger partial charge in [-0.25, -0.2) is 4.79 Å². The number of hydrogen-bond donors (Lipinski definition) is 1. The summed E-state index contributed by atoms with van der Waals surface area (Å²) in [5.41, 5.74) is 4.28. The Hall–Kier alpha value is -1.90. The zero-order chi connectivity index (χ0) is 14.4. The van der Waals surface area contributed by atoms with Crippen LogP contribution in [0.1, 0.15) is 53.4 Å². The Morgan fingerprint density at radius 2 is 2.10 bits per heavy atom. The fourth-order valence-corrected chi connectivity index (χ4v) is 3.25. The highest BCUT2D eigenvalue weighted by atomic mass is 16.4. The molecule has 2 atom stereocenters. The Balaban J connectivity index is 2.42. The molecule has 3 rings (SSSR count). The lowest BCUT2D eigenvalue weighted by atomic mass is 9.77. The molecular formula is C17H19NO2. The highest BCUT2D eigenvalue weighted by Crippen LogP contribution is 2.38. The van der Waals surface area contributed by atoms with Crippen molar-refractivity contribution in [2.24, 2.45) is 5.92 Å². The highest BCUT2D eigenvalue weighted by Gasteiger charge is 2.29. The first-order valence-corrected chi connectivity index (χ1v) is 7.16. The molecule has 1 heterocycles. The second kappa shape index (κ2) is 4.58. The lowest BCUT2D eigenvalue weighted by Crippen LogP contribution is -2.21. The van der Waals surface area contributed by atoms with Gasteiger partial charge in [-0.15, -0.1) is 0 Å². The average molecular weight is 269 g/mol. The van der Waals surface area contributed by atoms with Crippen molar-refractivity contribution in [2.75, 3.05) is 0 Å². The Morgan fingerprint density at radius 1 is 1.35 bits per heavy atom. The predicted molar refractivity (Wildman–Crippen MR) is 79.3 cm³/mol. The average Bonchev–Trinajstić information content (AvgIpc) is 2.41. The van der Waals surface area contributed by atoms with Crippen LogP contribution in [-0.4, -0.2) is 16.1 Å². The van der Waals surface area contributed by atoms with Crippen molar-refractivity contribution < 1.29 is 9.90 Å². The van der Waals surface area contributed by atoms with Crippen molar-refractivity contribution in [1.82, 2.24) is 4.98 Å². The molecule has 0 amide bonds. The maximum atomic E-state index is 11.8. The van der Waals surface area contributed by atoms with E-state index in [0.717, 1.165) is 40.6 Å². The minimum atomic E-state index is -0.832. The fraction of sp³-hybridized carbons (Fsp3) is 0.412. The highest BCUT2D eigenvalue weighted by molar-refractivity contribution is 6.05. The number of para-hydroxylation sites is 1. The third kappa shape index (κ3) is 1.80. The standard InChI is InChI=1S/C17H19NO2/c1-9-7-8-13-14(17(19)20)12-6-4-5-10(2)15(12)18-16(13)11(9)3/h4-6,9,11H,7-8H2,1-3H3,(H,19,20). The first-order valence-electron chi connectivity index (χ1n) is 7.16. The van der Waals surface area contributed by atoms with E-state index in [0.29, 0.717) is 17.4 Å². The molecule has 0 bridgehead atoms. The topological polar surface area (TPSA) is 50.2 Å². The van der Waals surface area contributed by atoms with E-state index in [1.807, 2.05) is 25.1 Å². The van der Waals surface area contributed by atoms with Crippen molar-refractivity contribution in [3.05, 3.63) is 40.6 Å². The minimum absolute atomic E-state index is 0.320. The number of aryl methyl sites for hydroxylation is 1. The van der Waals surface area contributed by atoms with E-state index in [4.69, 9.17) is 4.98 Å². The molecule has 0 fully saturated rings. The van der Waals surface area contributed by atoms with Gasteiger partial charge >= 0.3 is 5.97 Å². The van der Waals surface area contributed by atoms with E-state index < -0.39 is 5.97 Å². The van der Waals surface area contributed by atoms with Crippen LogP contribution in [0.3, 0.4) is 0 Å². The number of nitrogens with zero attached hydrogens (tertiary/aromatic N) is 1. The lowest BCUT2D eigenvalue weighted by Gasteiger charge is -2.29. The van der Waals surface area contributed by atoms with Crippen molar-refractivity contribution >= 4 is 16.9 Å². The summed E-state index contributed by atoms with van der Waals surface area (Å²) < 4.78 is 0. The van der Waals surface area contributed by atoms with Gasteiger partial charge < -0.3 is 5.11 Å². The van der Waals surface area contributed by atoms with Gasteiger partial charge in [-0.05, 0) is 36.8 Å². The summed E-state index contributed by atoms with van der Waals surface area (Å²) in [7, 11) is 0. The van der Waals surface area contributed by atoms with Crippen molar-refractivity contribution in [2.45, 2.75) is 39.5 Å². The number of pyridine rings is 1. The number of rotatable bonds is 1. The van der Waals surface area contributed by atoms with Gasteiger partial charge in [-0.3, -0.25) is 4.98 Å². The Labute approximate surface area is 118 Å². The normalized spacial score (nSPS) is 21.8. The summed E-state index contributed by atoms with van der Waals surface area (Å²) in [6.07, 6.45) is 1.85. The zero-order valence-corrected chi connectivity index (χ0v) is 12.1. The summed E-state index contributed by atoms with van der Waals surface area (Å²) in [6.45, 7) is 6.37. The summed E-state index contributed by atoms with van der Waals surface area (Å²) in [6, 6.07) is 5.78. The zero-order valence-electron chi connectivity index (χ0n) is 12.1. The molecule has 0 radical (unpaired) electrons. The molecule has 3 nitrogen and oxygen atoms in total. The summed E-state index contributed by atoms with van der Waals surface area (Å²) in [5.74, 6) is 0.0416. The Morgan fingerprint density at radius 3 is 2.80 bits per heavy atom. The molecule has 1 aromatic carbocycles. The van der Waals surface area contributed by atoms with E-state index in [1.54, 1.807) is 0 Å². The Kier molecular flexibility index (Phi) is 3.00. The molecule has 0 saturated heterocycles. The van der Waals surface area contributed by atoms with Gasteiger partial charge in [0.05, 0.1) is 11.1 Å². The maximum Gasteiger partial charge on any atom is 0.336 e. The number of benzene rings is 1. The molecule has 0 spiro atoms. The van der Waals surface area contributed by atoms with Gasteiger partial charge in [-0.2, -0.15) is 0 Å². The molecule has 104 valence electrons. The maximum absolute atomic E-state index is 11.8. The molecule has 1 N–H and O–H groups in total. The van der Waals surface area contributed by atoms with Crippen LogP contribution in [0.15, 0.2) is 18.2 Å². The van der Waals surface area contributed by atoms with Crippen LogP contribution in [0.5, 0.6) is 0 Å². The molecule has 20 heavy (non-hydrogen) atoms. The van der Waals surface area contributed by atoms with Crippen LogP contribution in [0, 0.1) is 12.8 Å². The number of carboxylic acids is 1. The summed E-state index contributed by atoms with van der Waals surface area (Å²) in [5, 5.41) is 10.4. The number of aromatic carboxylic acids is 1. The summed E-state index contributed by atoms with van der Waals surface area (Å²) in [4.78, 5) is 16.6. The minimum Gasteiger partial charge on any atom is -0.478 e. The molecule has 0 aliphatic heterocycles. The van der Waals surface area contributed by atoms with E-state index in [-0.39, 0.29) is 0 Å². The number of hydrogen-bond acceptors (Lipinski definition) is 2. The van der Waals surface area contributed by atoms with Crippen molar-refractivity contribution in [1.29, 1.82) is 0 Å². The summed E-state index contributed by atoms with van der Waals surface area (Å²) >= 11 is 0. The second-order valence-electron chi connectivity index (χ2n) is 5.93. The van der Waals surface area contributed by atoms with Crippen LogP contribution >= 0.6 is 0 Å². The van der Waals surface area contributed by atoms with Crippen molar-refractivity contribution in [3.63, 3.8) is 0 Å². The third-order valence-electron chi connectivity index (χ3n) is 4.70. The van der Waals surface area contributed by atoms with Gasteiger partial charge in [0, 0.05) is 17.0 Å². The first kappa shape index (κ1) is 13.1. The second-order valence-corrected chi connectivity index (χ2v) is 5.93. The SMILES string of the molecule is Cc1cccc2c(C(=O)O)c3c(nc12)C(C)C(C)CC3. The van der Waals surface area contributed by atoms with Crippen LogP contribution in [0.25, 0.3) is 10.9 Å². The molecule has 3 heteroatoms. The fourth-order valence-electron chi connectivity index (χ4n) is 3.25. The molecule has 1 aliphatic rings. The Bertz CT molecular complexity index is 706. The number of fused-ring (bicyclic) bond motifs is 2. The van der Waals surface area contributed by atoms with E-state index >= 15 is 0 Å². The van der Waals surface area contributed by atoms with Crippen molar-refractivity contribution in [3.8, 4) is 0 Å². The molecule has 2 aromatic rings. The van der Waals surface area contributed by atoms with Gasteiger partial charge in [-0.1, -0.05) is 32.0 Å². The van der Waals surface area contributed by atoms with E-state index in [1.165, 1.54) is 0 Å². The largest absolute Gasteiger partial charge is 0.478 e. The van der Waals surface area contributed by atoms with Crippen LogP contribution in [0.2, 0.25) is 0 Å². The lowest BCUT2D eigenvalue weighted by molar-refractivity contribution is 0.0697. The first-order chi connectivity index (χ1) is 9.50. The number of carbonyl (C=O) groups is 1. The molecule has 0 saturated carbocycles. The van der Waals surface area contributed by atoms with Crippen LogP contribution < -0.4 is 0 Å². The molecule has 1 aliphatic carbocycles. The van der Waals surface area contributed by atoms with Gasteiger partial charge in [0.1, 0.15) is 0 Å². The number of carboxylic acid groups (broad SMARTS) is 1. The third-order valence-corrected chi connectivity index (χ3v) is 4.70. The molecule has 2 unspecified atom stereocenters. The monoisotopic (exact) mass is 269 g/mol. The van der Waals surface area contributed by atoms with Gasteiger partial charge in [0.15, 0.2) is 0 Å². The predicted octanol–water partition coefficient (Wildman–Crippen LogP) is 3.93. The van der Waals surface area contributed by atoms with Gasteiger partial charge in [0.2, 0.25) is 0 Å². The van der Waals surface area contributed by atoms with Crippen LogP contribution in [0.4, 0.5) is 0 Å². The number of aromatic nitrogens is 1. The smallest absolute Gasteiger partial charge is 0.336 e. The van der Waals surface area contributed by atoms with Crippen LogP contribution in [-0.2, 0) is 6.42 Å². The van der Waals surface area contributed by atoms with Gasteiger partial charge in [0.25, 0.3) is 0 Å². The van der Waals surface area contributed by atoms with E-state index in [2.05, 4.69) is 13.8 Å².